The molecule has 0 spiro atoms. The van der Waals surface area contributed by atoms with Gasteiger partial charge in [-0.05, 0) is 5.57 Å². The van der Waals surface area contributed by atoms with Gasteiger partial charge in [-0.25, -0.2) is 0 Å². The normalized spacial score (nSPS) is 9.00. The van der Waals surface area contributed by atoms with Crippen molar-refractivity contribution in [2.75, 3.05) is 20.3 Å². The highest BCUT2D eigenvalue weighted by Crippen LogP contribution is 1.91. The molecule has 58 valence electrons. The molecule has 0 amide bonds. The number of hydrogen-bond donors (Lipinski definition) is 0. The highest BCUT2D eigenvalue weighted by Gasteiger charge is 1.95. The van der Waals surface area contributed by atoms with Crippen LogP contribution in [0.3, 0.4) is 0 Å². The molecule has 0 rings (SSSR count). The smallest absolute Gasteiger partial charge is 0.302 e. The monoisotopic (exact) mass is 144 g/mol. The fourth-order valence-electron chi connectivity index (χ4n) is 0.449. The van der Waals surface area contributed by atoms with Crippen LogP contribution < -0.4 is 0 Å². The molecule has 10 heavy (non-hydrogen) atoms. The van der Waals surface area contributed by atoms with Gasteiger partial charge in [-0.15, -0.1) is 0 Å². The second-order valence-corrected chi connectivity index (χ2v) is 1.96. The zero-order chi connectivity index (χ0) is 7.98. The molecule has 0 aliphatic carbocycles. The number of esters is 1. The predicted molar refractivity (Wildman–Crippen MR) is 37.6 cm³/mol. The first kappa shape index (κ1) is 9.17. The molecule has 0 aliphatic rings. The Labute approximate surface area is 60.6 Å². The van der Waals surface area contributed by atoms with Crippen LogP contribution >= 0.6 is 0 Å². The van der Waals surface area contributed by atoms with E-state index in [2.05, 4.69) is 11.3 Å². The quantitative estimate of drug-likeness (QED) is 0.431. The van der Waals surface area contributed by atoms with Crippen LogP contribution in [0.4, 0.5) is 0 Å². The second-order valence-electron chi connectivity index (χ2n) is 1.96. The van der Waals surface area contributed by atoms with Crippen LogP contribution in [0.1, 0.15) is 6.92 Å². The van der Waals surface area contributed by atoms with Gasteiger partial charge >= 0.3 is 5.97 Å². The van der Waals surface area contributed by atoms with Gasteiger partial charge in [-0.1, -0.05) is 6.58 Å². The number of ether oxygens (including phenoxy) is 2. The summed E-state index contributed by atoms with van der Waals surface area (Å²) < 4.78 is 9.38. The van der Waals surface area contributed by atoms with Gasteiger partial charge in [-0.3, -0.25) is 4.79 Å². The lowest BCUT2D eigenvalue weighted by atomic mass is 10.3. The third kappa shape index (κ3) is 5.31. The topological polar surface area (TPSA) is 35.5 Å². The van der Waals surface area contributed by atoms with E-state index in [1.165, 1.54) is 6.92 Å². The lowest BCUT2D eigenvalue weighted by Crippen LogP contribution is -2.05. The minimum Gasteiger partial charge on any atom is -0.461 e. The molecule has 0 heterocycles. The summed E-state index contributed by atoms with van der Waals surface area (Å²) in [5.41, 5.74) is 0.762. The van der Waals surface area contributed by atoms with Crippen LogP contribution in [-0.2, 0) is 14.3 Å². The summed E-state index contributed by atoms with van der Waals surface area (Å²) >= 11 is 0. The molecule has 0 saturated carbocycles. The molecule has 0 aromatic carbocycles. The van der Waals surface area contributed by atoms with Gasteiger partial charge in [0.15, 0.2) is 0 Å². The van der Waals surface area contributed by atoms with Crippen LogP contribution in [-0.4, -0.2) is 26.3 Å². The van der Waals surface area contributed by atoms with E-state index < -0.39 is 0 Å². The van der Waals surface area contributed by atoms with E-state index in [4.69, 9.17) is 4.74 Å². The molecule has 0 aromatic rings. The zero-order valence-electron chi connectivity index (χ0n) is 6.35. The van der Waals surface area contributed by atoms with Crippen molar-refractivity contribution < 1.29 is 14.3 Å². The summed E-state index contributed by atoms with van der Waals surface area (Å²) in [5.74, 6) is -0.294. The second kappa shape index (κ2) is 4.99. The molecule has 0 atom stereocenters. The maximum atomic E-state index is 10.2. The van der Waals surface area contributed by atoms with Crippen molar-refractivity contribution in [2.24, 2.45) is 0 Å². The van der Waals surface area contributed by atoms with Crippen molar-refractivity contribution >= 4 is 5.97 Å². The van der Waals surface area contributed by atoms with Crippen LogP contribution in [0.2, 0.25) is 0 Å². The molecule has 3 heteroatoms. The molecule has 3 nitrogen and oxygen atoms in total. The van der Waals surface area contributed by atoms with Gasteiger partial charge in [-0.2, -0.15) is 0 Å². The van der Waals surface area contributed by atoms with E-state index in [0.717, 1.165) is 5.57 Å². The average Bonchev–Trinajstić information content (AvgIpc) is 1.85. The molecular weight excluding hydrogens is 132 g/mol. The number of methoxy groups -OCH3 is 1. The van der Waals surface area contributed by atoms with Crippen molar-refractivity contribution in [3.63, 3.8) is 0 Å². The van der Waals surface area contributed by atoms with Crippen molar-refractivity contribution in [2.45, 2.75) is 6.92 Å². The lowest BCUT2D eigenvalue weighted by molar-refractivity contribution is -0.140. The predicted octanol–water partition coefficient (Wildman–Crippen LogP) is 0.752. The molecule has 0 unspecified atom stereocenters. The molecular formula is C7H12O3. The lowest BCUT2D eigenvalue weighted by Gasteiger charge is -2.03. The van der Waals surface area contributed by atoms with E-state index in [0.29, 0.717) is 6.61 Å². The first-order valence-electron chi connectivity index (χ1n) is 2.95. The average molecular weight is 144 g/mol. The first-order chi connectivity index (χ1) is 4.66. The summed E-state index contributed by atoms with van der Waals surface area (Å²) in [7, 11) is 1.57. The fraction of sp³-hybridized carbons (Fsp3) is 0.571. The summed E-state index contributed by atoms with van der Waals surface area (Å²) in [6.07, 6.45) is 0. The van der Waals surface area contributed by atoms with E-state index in [9.17, 15) is 4.79 Å². The highest BCUT2D eigenvalue weighted by molar-refractivity contribution is 5.66. The maximum absolute atomic E-state index is 10.2. The van der Waals surface area contributed by atoms with Crippen molar-refractivity contribution in [1.29, 1.82) is 0 Å². The third-order valence-electron chi connectivity index (χ3n) is 0.828. The van der Waals surface area contributed by atoms with Crippen molar-refractivity contribution in [1.82, 2.24) is 0 Å². The van der Waals surface area contributed by atoms with Gasteiger partial charge in [0.2, 0.25) is 0 Å². The molecule has 0 bridgehead atoms. The summed E-state index contributed by atoms with van der Waals surface area (Å²) in [4.78, 5) is 10.2. The molecule has 0 fully saturated rings. The highest BCUT2D eigenvalue weighted by atomic mass is 16.5. The third-order valence-corrected chi connectivity index (χ3v) is 0.828. The molecule has 0 radical (unpaired) electrons. The Balaban J connectivity index is 3.30. The molecule has 0 N–H and O–H groups in total. The number of rotatable bonds is 4. The Morgan fingerprint density at radius 2 is 2.10 bits per heavy atom. The minimum absolute atomic E-state index is 0.253. The Hall–Kier alpha value is -0.830. The Bertz CT molecular complexity index is 129. The standard InChI is InChI=1S/C7H12O3/c1-6(4-9-3)5-10-7(2)8/h1,4-5H2,2-3H3. The molecule has 0 aromatic heterocycles. The molecule has 0 saturated heterocycles. The van der Waals surface area contributed by atoms with Gasteiger partial charge in [0.05, 0.1) is 6.61 Å². The van der Waals surface area contributed by atoms with Crippen LogP contribution in [0.25, 0.3) is 0 Å². The SMILES string of the molecule is C=C(COC)COC(C)=O. The largest absolute Gasteiger partial charge is 0.461 e. The molecule has 0 aliphatic heterocycles. The van der Waals surface area contributed by atoms with Gasteiger partial charge in [0, 0.05) is 14.0 Å². The van der Waals surface area contributed by atoms with Crippen LogP contribution in [0, 0.1) is 0 Å². The van der Waals surface area contributed by atoms with E-state index in [1.807, 2.05) is 0 Å². The van der Waals surface area contributed by atoms with Crippen molar-refractivity contribution in [3.05, 3.63) is 12.2 Å². The van der Waals surface area contributed by atoms with Crippen molar-refractivity contribution in [3.8, 4) is 0 Å². The number of carbonyl (C=O) groups is 1. The minimum atomic E-state index is -0.294. The Morgan fingerprint density at radius 1 is 1.50 bits per heavy atom. The maximum Gasteiger partial charge on any atom is 0.302 e. The summed E-state index contributed by atoms with van der Waals surface area (Å²) in [6, 6.07) is 0. The van der Waals surface area contributed by atoms with E-state index >= 15 is 0 Å². The van der Waals surface area contributed by atoms with Gasteiger partial charge in [0.1, 0.15) is 6.61 Å². The summed E-state index contributed by atoms with van der Waals surface area (Å²) in [5, 5.41) is 0. The number of carbonyl (C=O) groups excluding carboxylic acids is 1. The summed E-state index contributed by atoms with van der Waals surface area (Å²) in [6.45, 7) is 5.67. The van der Waals surface area contributed by atoms with Crippen LogP contribution in [0.15, 0.2) is 12.2 Å². The number of hydrogen-bond acceptors (Lipinski definition) is 3. The Morgan fingerprint density at radius 3 is 2.50 bits per heavy atom. The van der Waals surface area contributed by atoms with Crippen LogP contribution in [0.5, 0.6) is 0 Å². The Kier molecular flexibility index (Phi) is 4.58. The van der Waals surface area contributed by atoms with E-state index in [-0.39, 0.29) is 12.6 Å². The zero-order valence-corrected chi connectivity index (χ0v) is 6.35. The van der Waals surface area contributed by atoms with Gasteiger partial charge < -0.3 is 9.47 Å². The first-order valence-corrected chi connectivity index (χ1v) is 2.95. The van der Waals surface area contributed by atoms with Gasteiger partial charge in [0.25, 0.3) is 0 Å². The fourth-order valence-corrected chi connectivity index (χ4v) is 0.449. The van der Waals surface area contributed by atoms with E-state index in [1.54, 1.807) is 7.11 Å².